The van der Waals surface area contributed by atoms with Crippen molar-refractivity contribution in [2.75, 3.05) is 27.2 Å². The minimum Gasteiger partial charge on any atom is -0.351 e. The average molecular weight is 262 g/mol. The molecule has 1 amide bonds. The first-order valence-corrected chi connectivity index (χ1v) is 6.76. The lowest BCUT2D eigenvalue weighted by molar-refractivity contribution is 0.0950. The van der Waals surface area contributed by atoms with E-state index in [4.69, 9.17) is 0 Å². The molecule has 0 aliphatic carbocycles. The molecule has 0 atom stereocenters. The van der Waals surface area contributed by atoms with E-state index in [0.717, 1.165) is 17.7 Å². The first kappa shape index (κ1) is 15.7. The quantitative estimate of drug-likeness (QED) is 0.904. The summed E-state index contributed by atoms with van der Waals surface area (Å²) in [4.78, 5) is 14.3. The van der Waals surface area contributed by atoms with Crippen LogP contribution in [0.1, 0.15) is 42.3 Å². The first-order chi connectivity index (χ1) is 8.71. The molecule has 0 saturated carbocycles. The van der Waals surface area contributed by atoms with E-state index in [2.05, 4.69) is 37.1 Å². The Labute approximate surface area is 117 Å². The molecule has 19 heavy (non-hydrogen) atoms. The van der Waals surface area contributed by atoms with Crippen LogP contribution in [0.5, 0.6) is 0 Å². The second kappa shape index (κ2) is 6.20. The zero-order chi connectivity index (χ0) is 14.6. The second-order valence-electron chi connectivity index (χ2n) is 6.34. The maximum absolute atomic E-state index is 12.2. The number of amides is 1. The van der Waals surface area contributed by atoms with Gasteiger partial charge in [0.25, 0.3) is 5.91 Å². The molecule has 0 aliphatic rings. The van der Waals surface area contributed by atoms with Crippen LogP contribution in [-0.2, 0) is 5.41 Å². The smallest absolute Gasteiger partial charge is 0.251 e. The number of carbonyl (C=O) groups is 1. The van der Waals surface area contributed by atoms with Crippen molar-refractivity contribution in [3.05, 3.63) is 34.9 Å². The summed E-state index contributed by atoms with van der Waals surface area (Å²) in [5.74, 6) is 0.0189. The molecule has 0 spiro atoms. The Morgan fingerprint density at radius 2 is 1.89 bits per heavy atom. The molecule has 0 radical (unpaired) electrons. The molecule has 106 valence electrons. The van der Waals surface area contributed by atoms with Crippen LogP contribution in [0.15, 0.2) is 18.2 Å². The zero-order valence-corrected chi connectivity index (χ0v) is 13.0. The number of hydrogen-bond acceptors (Lipinski definition) is 2. The summed E-state index contributed by atoms with van der Waals surface area (Å²) in [5.41, 5.74) is 3.06. The third-order valence-electron chi connectivity index (χ3n) is 3.19. The van der Waals surface area contributed by atoms with Crippen LogP contribution >= 0.6 is 0 Å². The van der Waals surface area contributed by atoms with Gasteiger partial charge in [-0.3, -0.25) is 4.79 Å². The van der Waals surface area contributed by atoms with Crippen molar-refractivity contribution in [3.63, 3.8) is 0 Å². The van der Waals surface area contributed by atoms with E-state index < -0.39 is 0 Å². The number of nitrogens with zero attached hydrogens (tertiary/aromatic N) is 1. The molecular formula is C16H26N2O. The van der Waals surface area contributed by atoms with Crippen molar-refractivity contribution >= 4 is 5.91 Å². The van der Waals surface area contributed by atoms with Crippen molar-refractivity contribution in [1.29, 1.82) is 0 Å². The Bertz CT molecular complexity index is 445. The zero-order valence-electron chi connectivity index (χ0n) is 13.0. The van der Waals surface area contributed by atoms with Crippen LogP contribution in [0.4, 0.5) is 0 Å². The van der Waals surface area contributed by atoms with Crippen molar-refractivity contribution in [2.45, 2.75) is 33.1 Å². The molecule has 1 N–H and O–H groups in total. The molecule has 1 aromatic carbocycles. The van der Waals surface area contributed by atoms with E-state index in [0.29, 0.717) is 6.54 Å². The number of hydrogen-bond donors (Lipinski definition) is 1. The maximum atomic E-state index is 12.2. The first-order valence-electron chi connectivity index (χ1n) is 6.76. The topological polar surface area (TPSA) is 32.3 Å². The van der Waals surface area contributed by atoms with Gasteiger partial charge in [0, 0.05) is 18.7 Å². The highest BCUT2D eigenvalue weighted by atomic mass is 16.1. The van der Waals surface area contributed by atoms with Crippen molar-refractivity contribution in [3.8, 4) is 0 Å². The average Bonchev–Trinajstić information content (AvgIpc) is 2.27. The monoisotopic (exact) mass is 262 g/mol. The van der Waals surface area contributed by atoms with Gasteiger partial charge in [-0.05, 0) is 43.6 Å². The highest BCUT2D eigenvalue weighted by molar-refractivity contribution is 5.95. The summed E-state index contributed by atoms with van der Waals surface area (Å²) in [5, 5.41) is 2.97. The normalized spacial score (nSPS) is 11.7. The minimum absolute atomic E-state index is 0.0189. The summed E-state index contributed by atoms with van der Waals surface area (Å²) in [6, 6.07) is 6.15. The number of benzene rings is 1. The van der Waals surface area contributed by atoms with Crippen LogP contribution < -0.4 is 5.32 Å². The number of nitrogens with one attached hydrogen (secondary N) is 1. The van der Waals surface area contributed by atoms with Gasteiger partial charge in [-0.15, -0.1) is 0 Å². The van der Waals surface area contributed by atoms with Gasteiger partial charge in [-0.25, -0.2) is 0 Å². The number of likely N-dealkylation sites (N-methyl/N-ethyl adjacent to an activating group) is 1. The molecule has 0 heterocycles. The fourth-order valence-electron chi connectivity index (χ4n) is 1.82. The SMILES string of the molecule is Cc1ccc(C(C)(C)C)cc1C(=O)NCCN(C)C. The summed E-state index contributed by atoms with van der Waals surface area (Å²) >= 11 is 0. The predicted molar refractivity (Wildman–Crippen MR) is 80.8 cm³/mol. The molecule has 3 nitrogen and oxygen atoms in total. The Kier molecular flexibility index (Phi) is 5.12. The van der Waals surface area contributed by atoms with Gasteiger partial charge in [0.2, 0.25) is 0 Å². The Morgan fingerprint density at radius 1 is 1.26 bits per heavy atom. The highest BCUT2D eigenvalue weighted by Crippen LogP contribution is 2.24. The summed E-state index contributed by atoms with van der Waals surface area (Å²) in [6.07, 6.45) is 0. The molecule has 0 fully saturated rings. The standard InChI is InChI=1S/C16H26N2O/c1-12-7-8-13(16(2,3)4)11-14(12)15(19)17-9-10-18(5)6/h7-8,11H,9-10H2,1-6H3,(H,17,19). The van der Waals surface area contributed by atoms with Gasteiger partial charge in [0.15, 0.2) is 0 Å². The van der Waals surface area contributed by atoms with Gasteiger partial charge in [-0.1, -0.05) is 32.9 Å². The summed E-state index contributed by atoms with van der Waals surface area (Å²) in [7, 11) is 4.00. The fraction of sp³-hybridized carbons (Fsp3) is 0.562. The minimum atomic E-state index is 0.0189. The van der Waals surface area contributed by atoms with Crippen molar-refractivity contribution in [1.82, 2.24) is 10.2 Å². The van der Waals surface area contributed by atoms with E-state index in [1.807, 2.05) is 33.2 Å². The fourth-order valence-corrected chi connectivity index (χ4v) is 1.82. The second-order valence-corrected chi connectivity index (χ2v) is 6.34. The van der Waals surface area contributed by atoms with Gasteiger partial charge >= 0.3 is 0 Å². The molecule has 0 aliphatic heterocycles. The largest absolute Gasteiger partial charge is 0.351 e. The molecule has 0 saturated heterocycles. The molecule has 0 aromatic heterocycles. The molecule has 3 heteroatoms. The molecule has 1 aromatic rings. The van der Waals surface area contributed by atoms with Crippen molar-refractivity contribution < 1.29 is 4.79 Å². The number of aryl methyl sites for hydroxylation is 1. The van der Waals surface area contributed by atoms with E-state index in [-0.39, 0.29) is 11.3 Å². The molecule has 0 bridgehead atoms. The lowest BCUT2D eigenvalue weighted by Crippen LogP contribution is -2.32. The lowest BCUT2D eigenvalue weighted by atomic mass is 9.85. The molecular weight excluding hydrogens is 236 g/mol. The van der Waals surface area contributed by atoms with E-state index in [1.54, 1.807) is 0 Å². The maximum Gasteiger partial charge on any atom is 0.251 e. The number of carbonyl (C=O) groups excluding carboxylic acids is 1. The van der Waals surface area contributed by atoms with Crippen molar-refractivity contribution in [2.24, 2.45) is 0 Å². The highest BCUT2D eigenvalue weighted by Gasteiger charge is 2.17. The van der Waals surface area contributed by atoms with E-state index >= 15 is 0 Å². The van der Waals surface area contributed by atoms with Gasteiger partial charge in [-0.2, -0.15) is 0 Å². The van der Waals surface area contributed by atoms with Gasteiger partial charge in [0.05, 0.1) is 0 Å². The van der Waals surface area contributed by atoms with Crippen LogP contribution in [0.3, 0.4) is 0 Å². The lowest BCUT2D eigenvalue weighted by Gasteiger charge is -2.20. The Hall–Kier alpha value is -1.35. The van der Waals surface area contributed by atoms with Gasteiger partial charge < -0.3 is 10.2 Å². The van der Waals surface area contributed by atoms with Crippen LogP contribution in [0.2, 0.25) is 0 Å². The third kappa shape index (κ3) is 4.67. The van der Waals surface area contributed by atoms with E-state index in [1.165, 1.54) is 5.56 Å². The number of rotatable bonds is 4. The Morgan fingerprint density at radius 3 is 2.42 bits per heavy atom. The Balaban J connectivity index is 2.84. The van der Waals surface area contributed by atoms with Gasteiger partial charge in [0.1, 0.15) is 0 Å². The summed E-state index contributed by atoms with van der Waals surface area (Å²) in [6.45, 7) is 9.98. The van der Waals surface area contributed by atoms with Crippen LogP contribution in [-0.4, -0.2) is 38.0 Å². The molecule has 1 rings (SSSR count). The van der Waals surface area contributed by atoms with Crippen LogP contribution in [0.25, 0.3) is 0 Å². The van der Waals surface area contributed by atoms with Crippen LogP contribution in [0, 0.1) is 6.92 Å². The molecule has 0 unspecified atom stereocenters. The predicted octanol–water partition coefficient (Wildman–Crippen LogP) is 2.58. The third-order valence-corrected chi connectivity index (χ3v) is 3.19. The summed E-state index contributed by atoms with van der Waals surface area (Å²) < 4.78 is 0. The van der Waals surface area contributed by atoms with E-state index in [9.17, 15) is 4.79 Å².